The van der Waals surface area contributed by atoms with Crippen LogP contribution in [0.1, 0.15) is 2.74 Å². The summed E-state index contributed by atoms with van der Waals surface area (Å²) in [6.45, 7) is 0. The second kappa shape index (κ2) is 1.62. The van der Waals surface area contributed by atoms with E-state index >= 15 is 0 Å². The van der Waals surface area contributed by atoms with Crippen LogP contribution in [-0.4, -0.2) is 0 Å². The van der Waals surface area contributed by atoms with Crippen LogP contribution in [-0.2, 0) is 0 Å². The molecule has 0 unspecified atom stereocenters. The van der Waals surface area contributed by atoms with E-state index in [9.17, 15) is 0 Å². The zero-order valence-electron chi connectivity index (χ0n) is 6.72. The van der Waals surface area contributed by atoms with E-state index in [1.54, 1.807) is 24.3 Å². The highest BCUT2D eigenvalue weighted by atomic mass is 16.3. The molecule has 1 aromatic carbocycles. The van der Waals surface area contributed by atoms with Crippen LogP contribution in [0.4, 0.5) is 0 Å². The molecule has 0 spiro atoms. The molecule has 44 valence electrons. The lowest BCUT2D eigenvalue weighted by Gasteiger charge is -1.81. The summed E-state index contributed by atoms with van der Waals surface area (Å²) in [4.78, 5) is 0. The van der Waals surface area contributed by atoms with Gasteiger partial charge in [-0.2, -0.15) is 0 Å². The molecule has 0 radical (unpaired) electrons. The average molecular weight is 120 g/mol. The highest BCUT2D eigenvalue weighted by Gasteiger charge is 1.89. The van der Waals surface area contributed by atoms with Crippen molar-refractivity contribution in [2.45, 2.75) is 0 Å². The van der Waals surface area contributed by atoms with E-state index in [0.717, 1.165) is 5.39 Å². The van der Waals surface area contributed by atoms with E-state index in [2.05, 4.69) is 0 Å². The predicted molar refractivity (Wildman–Crippen MR) is 36.2 cm³/mol. The van der Waals surface area contributed by atoms with Gasteiger partial charge in [-0.1, -0.05) is 18.2 Å². The zero-order valence-corrected chi connectivity index (χ0v) is 4.72. The molecule has 1 aromatic heterocycles. The summed E-state index contributed by atoms with van der Waals surface area (Å²) in [5.74, 6) is 0. The van der Waals surface area contributed by atoms with Crippen molar-refractivity contribution in [1.29, 1.82) is 0 Å². The van der Waals surface area contributed by atoms with Gasteiger partial charge >= 0.3 is 0 Å². The normalized spacial score (nSPS) is 13.3. The van der Waals surface area contributed by atoms with Crippen LogP contribution in [0.25, 0.3) is 11.0 Å². The van der Waals surface area contributed by atoms with E-state index in [1.807, 2.05) is 0 Å². The van der Waals surface area contributed by atoms with Crippen LogP contribution in [0.3, 0.4) is 0 Å². The first-order valence-corrected chi connectivity index (χ1v) is 2.72. The molecular weight excluding hydrogens is 112 g/mol. The molecule has 0 bridgehead atoms. The van der Waals surface area contributed by atoms with Crippen LogP contribution in [0.2, 0.25) is 0 Å². The van der Waals surface area contributed by atoms with E-state index in [1.165, 1.54) is 0 Å². The smallest absolute Gasteiger partial charge is 0.133 e. The molecule has 0 aliphatic heterocycles. The summed E-state index contributed by atoms with van der Waals surface area (Å²) < 4.78 is 19.5. The molecule has 0 aliphatic rings. The molecule has 2 rings (SSSR count). The molecule has 9 heavy (non-hydrogen) atoms. The van der Waals surface area contributed by atoms with E-state index < -0.39 is 0 Å². The molecule has 0 saturated carbocycles. The monoisotopic (exact) mass is 120 g/mol. The van der Waals surface area contributed by atoms with E-state index in [4.69, 9.17) is 7.16 Å². The van der Waals surface area contributed by atoms with Crippen LogP contribution in [0, 0.1) is 0 Å². The third-order valence-electron chi connectivity index (χ3n) is 1.24. The van der Waals surface area contributed by atoms with Crippen LogP contribution >= 0.6 is 0 Å². The van der Waals surface area contributed by atoms with Crippen LogP contribution in [0.15, 0.2) is 41.0 Å². The van der Waals surface area contributed by atoms with Crippen LogP contribution < -0.4 is 0 Å². The number of hydrogen-bond acceptors (Lipinski definition) is 1. The number of para-hydroxylation sites is 1. The Balaban J connectivity index is 2.82. The fourth-order valence-electron chi connectivity index (χ4n) is 0.791. The van der Waals surface area contributed by atoms with Crippen molar-refractivity contribution in [3.05, 3.63) is 36.5 Å². The highest BCUT2D eigenvalue weighted by Crippen LogP contribution is 2.12. The number of fused-ring (bicyclic) bond motifs is 1. The Kier molecular flexibility index (Phi) is 0.552. The number of hydrogen-bond donors (Lipinski definition) is 0. The van der Waals surface area contributed by atoms with E-state index in [0.29, 0.717) is 11.6 Å². The fourth-order valence-corrected chi connectivity index (χ4v) is 0.791. The van der Waals surface area contributed by atoms with Gasteiger partial charge < -0.3 is 4.42 Å². The molecule has 1 nitrogen and oxygen atoms in total. The van der Waals surface area contributed by atoms with Crippen molar-refractivity contribution in [2.24, 2.45) is 0 Å². The number of benzene rings is 1. The SMILES string of the molecule is [2H]c1ccc2oc([2H])cc2c1. The molecule has 0 atom stereocenters. The maximum absolute atomic E-state index is 7.28. The van der Waals surface area contributed by atoms with Crippen molar-refractivity contribution < 1.29 is 7.16 Å². The van der Waals surface area contributed by atoms with Gasteiger partial charge in [-0.3, -0.25) is 0 Å². The minimum absolute atomic E-state index is 0.144. The van der Waals surface area contributed by atoms with Crippen molar-refractivity contribution in [1.82, 2.24) is 0 Å². The van der Waals surface area contributed by atoms with Gasteiger partial charge in [0.2, 0.25) is 0 Å². The molecule has 0 N–H and O–H groups in total. The molecule has 0 saturated heterocycles. The second-order valence-electron chi connectivity index (χ2n) is 1.83. The van der Waals surface area contributed by atoms with Crippen molar-refractivity contribution in [3.8, 4) is 0 Å². The lowest BCUT2D eigenvalue weighted by Crippen LogP contribution is -1.57. The standard InChI is InChI=1S/C8H6O/c1-2-4-8-7(3-1)5-6-9-8/h1-6H/i1D,6D. The predicted octanol–water partition coefficient (Wildman–Crippen LogP) is 2.43. The maximum Gasteiger partial charge on any atom is 0.133 e. The van der Waals surface area contributed by atoms with Gasteiger partial charge in [0, 0.05) is 5.39 Å². The summed E-state index contributed by atoms with van der Waals surface area (Å²) >= 11 is 0. The molecule has 2 aromatic rings. The fraction of sp³-hybridized carbons (Fsp3) is 0. The Morgan fingerprint density at radius 3 is 3.33 bits per heavy atom. The lowest BCUT2D eigenvalue weighted by atomic mass is 10.3. The summed E-state index contributed by atoms with van der Waals surface area (Å²) in [6.07, 6.45) is 0.144. The number of furan rings is 1. The first-order valence-electron chi connectivity index (χ1n) is 3.72. The van der Waals surface area contributed by atoms with Gasteiger partial charge in [0.25, 0.3) is 0 Å². The Hall–Kier alpha value is -1.24. The Labute approximate surface area is 55.7 Å². The summed E-state index contributed by atoms with van der Waals surface area (Å²) in [5, 5.41) is 0.822. The van der Waals surface area contributed by atoms with Crippen molar-refractivity contribution in [2.75, 3.05) is 0 Å². The lowest BCUT2D eigenvalue weighted by molar-refractivity contribution is 0.616. The number of rotatable bonds is 0. The maximum atomic E-state index is 7.28. The average Bonchev–Trinajstić information content (AvgIpc) is 2.27. The molecule has 0 aliphatic carbocycles. The minimum Gasteiger partial charge on any atom is -0.464 e. The molecular formula is C8H6O. The van der Waals surface area contributed by atoms with Gasteiger partial charge in [0.15, 0.2) is 0 Å². The van der Waals surface area contributed by atoms with Gasteiger partial charge in [0.05, 0.1) is 7.61 Å². The molecule has 0 fully saturated rings. The molecule has 1 heteroatoms. The van der Waals surface area contributed by atoms with Gasteiger partial charge in [0.1, 0.15) is 6.95 Å². The summed E-state index contributed by atoms with van der Waals surface area (Å²) in [5.41, 5.74) is 0.672. The third kappa shape index (κ3) is 0.617. The topological polar surface area (TPSA) is 13.1 Å². The first-order chi connectivity index (χ1) is 5.25. The summed E-state index contributed by atoms with van der Waals surface area (Å²) in [7, 11) is 0. The summed E-state index contributed by atoms with van der Waals surface area (Å²) in [6, 6.07) is 7.07. The van der Waals surface area contributed by atoms with Gasteiger partial charge in [-0.15, -0.1) is 0 Å². The van der Waals surface area contributed by atoms with E-state index in [-0.39, 0.29) is 6.24 Å². The largest absolute Gasteiger partial charge is 0.464 e. The highest BCUT2D eigenvalue weighted by molar-refractivity contribution is 5.76. The van der Waals surface area contributed by atoms with Crippen molar-refractivity contribution >= 4 is 11.0 Å². The Bertz CT molecular complexity index is 392. The van der Waals surface area contributed by atoms with Gasteiger partial charge in [-0.05, 0) is 12.1 Å². The first kappa shape index (κ1) is 3.06. The quantitative estimate of drug-likeness (QED) is 0.520. The third-order valence-corrected chi connectivity index (χ3v) is 1.24. The Morgan fingerprint density at radius 1 is 1.33 bits per heavy atom. The van der Waals surface area contributed by atoms with Gasteiger partial charge in [-0.25, -0.2) is 0 Å². The Morgan fingerprint density at radius 2 is 2.33 bits per heavy atom. The molecule has 0 amide bonds. The minimum atomic E-state index is 0.144. The zero-order chi connectivity index (χ0) is 7.84. The molecule has 1 heterocycles. The van der Waals surface area contributed by atoms with Crippen molar-refractivity contribution in [3.63, 3.8) is 0 Å². The second-order valence-corrected chi connectivity index (χ2v) is 1.83. The van der Waals surface area contributed by atoms with Crippen LogP contribution in [0.5, 0.6) is 0 Å².